The molecule has 0 amide bonds. The molecule has 5 heteroatoms. The maximum Gasteiger partial charge on any atom is 0.328 e. The molecule has 0 radical (unpaired) electrons. The van der Waals surface area contributed by atoms with E-state index in [0.29, 0.717) is 13.0 Å². The van der Waals surface area contributed by atoms with Gasteiger partial charge in [-0.3, -0.25) is 0 Å². The highest BCUT2D eigenvalue weighted by Crippen LogP contribution is 2.10. The second-order valence-electron chi connectivity index (χ2n) is 4.73. The fourth-order valence-electron chi connectivity index (χ4n) is 1.93. The smallest absolute Gasteiger partial charge is 0.328 e. The Kier molecular flexibility index (Phi) is 5.68. The number of methoxy groups -OCH3 is 1. The average molecular weight is 298 g/mol. The Hall–Kier alpha value is -2.66. The summed E-state index contributed by atoms with van der Waals surface area (Å²) < 4.78 is 4.95. The molecule has 2 N–H and O–H groups in total. The number of hydrogen-bond acceptors (Lipinski definition) is 3. The lowest BCUT2D eigenvalue weighted by Crippen LogP contribution is -1.91. The van der Waals surface area contributed by atoms with E-state index in [1.165, 1.54) is 0 Å². The SMILES string of the molecule is COC/C=C/c1cnc(Cc2ccc(/C=C/C(=O)O)cc2)[nH]1. The summed E-state index contributed by atoms with van der Waals surface area (Å²) in [5.74, 6) is -0.0698. The molecular weight excluding hydrogens is 280 g/mol. The van der Waals surface area contributed by atoms with Gasteiger partial charge in [0.2, 0.25) is 0 Å². The van der Waals surface area contributed by atoms with E-state index < -0.39 is 5.97 Å². The molecule has 0 fully saturated rings. The third-order valence-corrected chi connectivity index (χ3v) is 2.98. The zero-order valence-electron chi connectivity index (χ0n) is 12.3. The lowest BCUT2D eigenvalue weighted by atomic mass is 10.1. The zero-order valence-corrected chi connectivity index (χ0v) is 12.3. The van der Waals surface area contributed by atoms with Crippen molar-refractivity contribution in [2.75, 3.05) is 13.7 Å². The second-order valence-corrected chi connectivity index (χ2v) is 4.73. The molecule has 1 aromatic carbocycles. The Bertz CT molecular complexity index is 669. The van der Waals surface area contributed by atoms with Crippen LogP contribution in [0.4, 0.5) is 0 Å². The predicted molar refractivity (Wildman–Crippen MR) is 85.4 cm³/mol. The van der Waals surface area contributed by atoms with Gasteiger partial charge in [-0.15, -0.1) is 0 Å². The summed E-state index contributed by atoms with van der Waals surface area (Å²) in [6, 6.07) is 7.70. The number of hydrogen-bond donors (Lipinski definition) is 2. The van der Waals surface area contributed by atoms with Gasteiger partial charge in [-0.1, -0.05) is 30.3 Å². The highest BCUT2D eigenvalue weighted by molar-refractivity contribution is 5.85. The van der Waals surface area contributed by atoms with E-state index in [1.54, 1.807) is 19.4 Å². The van der Waals surface area contributed by atoms with E-state index in [4.69, 9.17) is 9.84 Å². The Morgan fingerprint density at radius 2 is 2.09 bits per heavy atom. The summed E-state index contributed by atoms with van der Waals surface area (Å²) in [6.45, 7) is 0.569. The molecule has 0 aliphatic heterocycles. The van der Waals surface area contributed by atoms with Crippen LogP contribution in [-0.4, -0.2) is 34.8 Å². The number of nitrogens with one attached hydrogen (secondary N) is 1. The van der Waals surface area contributed by atoms with Crippen molar-refractivity contribution < 1.29 is 14.6 Å². The van der Waals surface area contributed by atoms with Crippen molar-refractivity contribution in [2.24, 2.45) is 0 Å². The summed E-state index contributed by atoms with van der Waals surface area (Å²) in [6.07, 6.45) is 9.02. The minimum absolute atomic E-state index is 0.569. The number of carboxylic acid groups (broad SMARTS) is 1. The number of H-pyrrole nitrogens is 1. The van der Waals surface area contributed by atoms with Crippen molar-refractivity contribution in [1.29, 1.82) is 0 Å². The Balaban J connectivity index is 1.97. The molecular formula is C17H18N2O3. The van der Waals surface area contributed by atoms with Crippen LogP contribution in [0.15, 0.2) is 42.6 Å². The number of carbonyl (C=O) groups is 1. The number of carboxylic acids is 1. The van der Waals surface area contributed by atoms with Crippen molar-refractivity contribution in [2.45, 2.75) is 6.42 Å². The van der Waals surface area contributed by atoms with E-state index in [9.17, 15) is 4.79 Å². The van der Waals surface area contributed by atoms with Crippen molar-refractivity contribution >= 4 is 18.1 Å². The molecule has 22 heavy (non-hydrogen) atoms. The topological polar surface area (TPSA) is 75.2 Å². The number of ether oxygens (including phenoxy) is 1. The summed E-state index contributed by atoms with van der Waals surface area (Å²) in [5.41, 5.74) is 2.90. The van der Waals surface area contributed by atoms with Crippen LogP contribution in [0, 0.1) is 0 Å². The van der Waals surface area contributed by atoms with E-state index in [1.807, 2.05) is 36.4 Å². The lowest BCUT2D eigenvalue weighted by Gasteiger charge is -1.99. The van der Waals surface area contributed by atoms with Gasteiger partial charge in [-0.25, -0.2) is 9.78 Å². The van der Waals surface area contributed by atoms with Crippen LogP contribution in [0.2, 0.25) is 0 Å². The maximum absolute atomic E-state index is 10.5. The van der Waals surface area contributed by atoms with Crippen molar-refractivity contribution in [3.63, 3.8) is 0 Å². The van der Waals surface area contributed by atoms with Crippen LogP contribution >= 0.6 is 0 Å². The molecule has 0 bridgehead atoms. The minimum Gasteiger partial charge on any atom is -0.478 e. The standard InChI is InChI=1S/C17H18N2O3/c1-22-10-2-3-15-12-18-16(19-15)11-14-6-4-13(5-7-14)8-9-17(20)21/h2-9,12H,10-11H2,1H3,(H,18,19)(H,20,21)/b3-2+,9-8+. The number of aliphatic carboxylic acids is 1. The number of benzene rings is 1. The highest BCUT2D eigenvalue weighted by Gasteiger charge is 2.00. The molecule has 5 nitrogen and oxygen atoms in total. The van der Waals surface area contributed by atoms with Crippen LogP contribution < -0.4 is 0 Å². The third-order valence-electron chi connectivity index (χ3n) is 2.98. The van der Waals surface area contributed by atoms with Gasteiger partial charge >= 0.3 is 5.97 Å². The molecule has 0 saturated carbocycles. The number of imidazole rings is 1. The molecule has 0 spiro atoms. The number of aromatic nitrogens is 2. The number of aromatic amines is 1. The monoisotopic (exact) mass is 298 g/mol. The summed E-state index contributed by atoms with van der Waals surface area (Å²) in [7, 11) is 1.65. The van der Waals surface area contributed by atoms with Crippen molar-refractivity contribution in [1.82, 2.24) is 9.97 Å². The fraction of sp³-hybridized carbons (Fsp3) is 0.176. The van der Waals surface area contributed by atoms with Crippen molar-refractivity contribution in [3.8, 4) is 0 Å². The van der Waals surface area contributed by atoms with E-state index in [-0.39, 0.29) is 0 Å². The van der Waals surface area contributed by atoms with Gasteiger partial charge in [0, 0.05) is 19.6 Å². The van der Waals surface area contributed by atoms with Crippen LogP contribution in [0.25, 0.3) is 12.2 Å². The first-order valence-corrected chi connectivity index (χ1v) is 6.86. The van der Waals surface area contributed by atoms with Gasteiger partial charge in [0.25, 0.3) is 0 Å². The van der Waals surface area contributed by atoms with E-state index in [0.717, 1.165) is 28.7 Å². The molecule has 2 rings (SSSR count). The van der Waals surface area contributed by atoms with Gasteiger partial charge in [-0.05, 0) is 23.3 Å². The predicted octanol–water partition coefficient (Wildman–Crippen LogP) is 2.76. The third kappa shape index (κ3) is 5.03. The Morgan fingerprint density at radius 3 is 2.77 bits per heavy atom. The second kappa shape index (κ2) is 7.95. The summed E-state index contributed by atoms with van der Waals surface area (Å²) in [4.78, 5) is 18.0. The van der Waals surface area contributed by atoms with Crippen LogP contribution in [0.1, 0.15) is 22.6 Å². The van der Waals surface area contributed by atoms with Crippen LogP contribution in [0.3, 0.4) is 0 Å². The molecule has 1 heterocycles. The molecule has 1 aromatic heterocycles. The Morgan fingerprint density at radius 1 is 1.32 bits per heavy atom. The van der Waals surface area contributed by atoms with Crippen molar-refractivity contribution in [3.05, 3.63) is 65.3 Å². The molecule has 0 atom stereocenters. The summed E-state index contributed by atoms with van der Waals surface area (Å²) >= 11 is 0. The van der Waals surface area contributed by atoms with Crippen LogP contribution in [-0.2, 0) is 16.0 Å². The fourth-order valence-corrected chi connectivity index (χ4v) is 1.93. The highest BCUT2D eigenvalue weighted by atomic mass is 16.5. The van der Waals surface area contributed by atoms with Gasteiger partial charge in [0.05, 0.1) is 18.5 Å². The molecule has 114 valence electrons. The van der Waals surface area contributed by atoms with Crippen LogP contribution in [0.5, 0.6) is 0 Å². The first-order valence-electron chi connectivity index (χ1n) is 6.86. The van der Waals surface area contributed by atoms with E-state index in [2.05, 4.69) is 9.97 Å². The average Bonchev–Trinajstić information content (AvgIpc) is 2.94. The largest absolute Gasteiger partial charge is 0.478 e. The van der Waals surface area contributed by atoms with E-state index >= 15 is 0 Å². The molecule has 0 unspecified atom stereocenters. The Labute approximate surface area is 129 Å². The molecule has 0 aliphatic rings. The van der Waals surface area contributed by atoms with Gasteiger partial charge in [0.1, 0.15) is 5.82 Å². The quantitative estimate of drug-likeness (QED) is 0.771. The maximum atomic E-state index is 10.5. The molecule has 0 saturated heterocycles. The lowest BCUT2D eigenvalue weighted by molar-refractivity contribution is -0.131. The molecule has 0 aliphatic carbocycles. The minimum atomic E-state index is -0.950. The first-order chi connectivity index (χ1) is 10.7. The zero-order chi connectivity index (χ0) is 15.8. The van der Waals surface area contributed by atoms with Gasteiger partial charge < -0.3 is 14.8 Å². The molecule has 2 aromatic rings. The number of nitrogens with zero attached hydrogens (tertiary/aromatic N) is 1. The normalized spacial score (nSPS) is 11.5. The number of rotatable bonds is 7. The first kappa shape index (κ1) is 15.7. The summed E-state index contributed by atoms with van der Waals surface area (Å²) in [5, 5.41) is 8.59. The van der Waals surface area contributed by atoms with Gasteiger partial charge in [0.15, 0.2) is 0 Å². The van der Waals surface area contributed by atoms with Gasteiger partial charge in [-0.2, -0.15) is 0 Å².